The highest BCUT2D eigenvalue weighted by atomic mass is 35.5. The van der Waals surface area contributed by atoms with E-state index in [1.54, 1.807) is 0 Å². The summed E-state index contributed by atoms with van der Waals surface area (Å²) in [7, 11) is 0. The number of rotatable bonds is 1. The third-order valence-corrected chi connectivity index (χ3v) is 5.88. The van der Waals surface area contributed by atoms with Crippen molar-refractivity contribution in [1.29, 1.82) is 0 Å². The van der Waals surface area contributed by atoms with Crippen LogP contribution >= 0.6 is 46.4 Å². The van der Waals surface area contributed by atoms with Gasteiger partial charge >= 0.3 is 6.97 Å². The minimum atomic E-state index is -4.33. The van der Waals surface area contributed by atoms with Gasteiger partial charge in [-0.1, -0.05) is 64.6 Å². The van der Waals surface area contributed by atoms with E-state index in [-0.39, 0.29) is 31.8 Å². The van der Waals surface area contributed by atoms with E-state index in [2.05, 4.69) is 0 Å². The van der Waals surface area contributed by atoms with Gasteiger partial charge in [0.25, 0.3) is 0 Å². The molecule has 25 heavy (non-hydrogen) atoms. The van der Waals surface area contributed by atoms with Crippen molar-refractivity contribution in [2.24, 2.45) is 0 Å². The van der Waals surface area contributed by atoms with Crippen LogP contribution in [0.4, 0.5) is 8.63 Å². The topological polar surface area (TPSA) is 7.94 Å². The number of nitrogens with zero attached hydrogens (tertiary/aromatic N) is 2. The molecule has 0 N–H and O–H groups in total. The van der Waals surface area contributed by atoms with Gasteiger partial charge in [0.2, 0.25) is 5.17 Å². The number of hydrogen-bond donors (Lipinski definition) is 0. The Morgan fingerprint density at radius 1 is 1.04 bits per heavy atom. The predicted octanol–water partition coefficient (Wildman–Crippen LogP) is 5.89. The van der Waals surface area contributed by atoms with Gasteiger partial charge in [-0.05, 0) is 30.2 Å². The molecule has 2 aromatic rings. The maximum Gasteiger partial charge on any atom is 0.739 e. The molecule has 0 saturated heterocycles. The maximum atomic E-state index is 15.2. The summed E-state index contributed by atoms with van der Waals surface area (Å²) in [6.45, 7) is -2.39. The van der Waals surface area contributed by atoms with Crippen LogP contribution in [0.3, 0.4) is 0 Å². The summed E-state index contributed by atoms with van der Waals surface area (Å²) in [5.74, 6) is 0. The Morgan fingerprint density at radius 3 is 2.32 bits per heavy atom. The highest BCUT2D eigenvalue weighted by Gasteiger charge is 2.56. The average molecular weight is 420 g/mol. The lowest BCUT2D eigenvalue weighted by Gasteiger charge is -2.31. The van der Waals surface area contributed by atoms with E-state index in [1.165, 1.54) is 12.1 Å². The molecule has 0 saturated carbocycles. The van der Waals surface area contributed by atoms with Gasteiger partial charge in [-0.15, -0.1) is 0 Å². The van der Waals surface area contributed by atoms with Crippen LogP contribution in [-0.4, -0.2) is 21.1 Å². The normalized spacial score (nSPS) is 18.4. The third-order valence-electron chi connectivity index (χ3n) is 4.34. The third kappa shape index (κ3) is 2.33. The first-order valence-corrected chi connectivity index (χ1v) is 8.84. The Hall–Kier alpha value is -1.27. The summed E-state index contributed by atoms with van der Waals surface area (Å²) in [4.78, 5) is 0. The maximum absolute atomic E-state index is 15.2. The van der Waals surface area contributed by atoms with Crippen LogP contribution in [0.5, 0.6) is 0 Å². The number of halogens is 6. The largest absolute Gasteiger partial charge is 0.739 e. The molecule has 3 heterocycles. The molecule has 1 aromatic heterocycles. The number of benzene rings is 1. The lowest BCUT2D eigenvalue weighted by Crippen LogP contribution is -2.50. The second kappa shape index (κ2) is 5.62. The van der Waals surface area contributed by atoms with Crippen LogP contribution in [0.25, 0.3) is 5.57 Å². The molecule has 2 aliphatic heterocycles. The Bertz CT molecular complexity index is 1020. The molecule has 0 fully saturated rings. The first kappa shape index (κ1) is 17.2. The van der Waals surface area contributed by atoms with E-state index < -0.39 is 6.97 Å². The molecule has 9 heteroatoms. The number of aromatic nitrogens is 1. The number of fused-ring (bicyclic) bond motifs is 2. The zero-order chi connectivity index (χ0) is 18.1. The molecule has 0 amide bonds. The minimum Gasteiger partial charge on any atom is -0.389 e. The highest BCUT2D eigenvalue weighted by molar-refractivity contribution is 6.77. The number of hydrogen-bond acceptors (Lipinski definition) is 0. The fourth-order valence-electron chi connectivity index (χ4n) is 3.20. The van der Waals surface area contributed by atoms with E-state index in [0.29, 0.717) is 5.57 Å². The van der Waals surface area contributed by atoms with Gasteiger partial charge in [0.05, 0.1) is 15.7 Å². The minimum absolute atomic E-state index is 0.0517. The van der Waals surface area contributed by atoms with Crippen LogP contribution in [-0.2, 0) is 0 Å². The van der Waals surface area contributed by atoms with Crippen molar-refractivity contribution in [3.63, 3.8) is 0 Å². The molecule has 0 radical (unpaired) electrons. The van der Waals surface area contributed by atoms with Crippen LogP contribution < -0.4 is 0 Å². The molecule has 1 aromatic carbocycles. The summed E-state index contributed by atoms with van der Waals surface area (Å²) in [5.41, 5.74) is 2.77. The van der Waals surface area contributed by atoms with Crippen molar-refractivity contribution < 1.29 is 13.1 Å². The Labute approximate surface area is 162 Å². The molecule has 2 aliphatic rings. The quantitative estimate of drug-likeness (QED) is 0.509. The standard InChI is InChI=1S/C16H9BCl4F2N2/c1-8-2-4-9(5-3-8)14-12-6-10(18)15(20)24(12)17(22,23)25-13(14)7-11(19)16(25)21/h2-7H,1H3. The predicted molar refractivity (Wildman–Crippen MR) is 100 cm³/mol. The summed E-state index contributed by atoms with van der Waals surface area (Å²) < 4.78 is 31.8. The molecular weight excluding hydrogens is 411 g/mol. The highest BCUT2D eigenvalue weighted by Crippen LogP contribution is 2.45. The number of allylic oxidation sites excluding steroid dienone is 2. The van der Waals surface area contributed by atoms with Crippen molar-refractivity contribution in [2.45, 2.75) is 6.92 Å². The van der Waals surface area contributed by atoms with Crippen molar-refractivity contribution in [3.8, 4) is 0 Å². The van der Waals surface area contributed by atoms with Gasteiger partial charge in [0.1, 0.15) is 5.03 Å². The van der Waals surface area contributed by atoms with Crippen molar-refractivity contribution in [3.05, 3.63) is 74.1 Å². The monoisotopic (exact) mass is 418 g/mol. The average Bonchev–Trinajstić information content (AvgIpc) is 3.00. The second-order valence-electron chi connectivity index (χ2n) is 5.91. The molecule has 0 aliphatic carbocycles. The molecule has 128 valence electrons. The van der Waals surface area contributed by atoms with Gasteiger partial charge in [-0.25, -0.2) is 0 Å². The fraction of sp³-hybridized carbons (Fsp3) is 0.0625. The van der Waals surface area contributed by atoms with Crippen LogP contribution in [0.2, 0.25) is 10.2 Å². The van der Waals surface area contributed by atoms with Gasteiger partial charge in [-0.2, -0.15) is 0 Å². The molecule has 0 unspecified atom stereocenters. The first-order chi connectivity index (χ1) is 11.7. The Morgan fingerprint density at radius 2 is 1.68 bits per heavy atom. The molecule has 0 atom stereocenters. The smallest absolute Gasteiger partial charge is 0.389 e. The second-order valence-corrected chi connectivity index (χ2v) is 7.44. The van der Waals surface area contributed by atoms with E-state index >= 15 is 8.63 Å². The Balaban J connectivity index is 2.14. The van der Waals surface area contributed by atoms with Crippen molar-refractivity contribution in [1.82, 2.24) is 4.48 Å². The zero-order valence-corrected chi connectivity index (χ0v) is 15.7. The summed E-state index contributed by atoms with van der Waals surface area (Å²) in [6, 6.07) is 8.92. The zero-order valence-electron chi connectivity index (χ0n) is 12.7. The molecule has 4 rings (SSSR count). The Kier molecular flexibility index (Phi) is 3.86. The van der Waals surface area contributed by atoms with E-state index in [1.807, 2.05) is 31.2 Å². The first-order valence-electron chi connectivity index (χ1n) is 7.33. The number of aryl methyl sites for hydroxylation is 1. The van der Waals surface area contributed by atoms with Crippen molar-refractivity contribution in [2.75, 3.05) is 0 Å². The van der Waals surface area contributed by atoms with Crippen LogP contribution in [0.15, 0.2) is 47.1 Å². The van der Waals surface area contributed by atoms with Gasteiger partial charge in [0.15, 0.2) is 5.70 Å². The van der Waals surface area contributed by atoms with Gasteiger partial charge in [-0.3, -0.25) is 0 Å². The van der Waals surface area contributed by atoms with E-state index in [0.717, 1.165) is 20.1 Å². The van der Waals surface area contributed by atoms with Crippen molar-refractivity contribution >= 4 is 64.1 Å². The summed E-state index contributed by atoms with van der Waals surface area (Å²) in [5, 5.41) is -0.373. The lowest BCUT2D eigenvalue weighted by molar-refractivity contribution is -0.358. The summed E-state index contributed by atoms with van der Waals surface area (Å²) >= 11 is 24.3. The van der Waals surface area contributed by atoms with Crippen LogP contribution in [0.1, 0.15) is 16.8 Å². The summed E-state index contributed by atoms with van der Waals surface area (Å²) in [6.07, 6.45) is 1.44. The van der Waals surface area contributed by atoms with Crippen LogP contribution in [0, 0.1) is 6.92 Å². The van der Waals surface area contributed by atoms with E-state index in [9.17, 15) is 0 Å². The van der Waals surface area contributed by atoms with Gasteiger partial charge < -0.3 is 17.6 Å². The molecule has 0 spiro atoms. The lowest BCUT2D eigenvalue weighted by atomic mass is 9.86. The fourth-order valence-corrected chi connectivity index (χ4v) is 4.11. The van der Waals surface area contributed by atoms with E-state index in [4.69, 9.17) is 46.4 Å². The SMILES string of the molecule is Cc1ccc(C2=C3C=C(Cl)C(Cl)=[N+]3[B-](F)(F)n3c2cc(Cl)c3Cl)cc1. The molecule has 2 nitrogen and oxygen atoms in total. The molecule has 0 bridgehead atoms. The molecular formula is C16H9BCl4F2N2. The van der Waals surface area contributed by atoms with Gasteiger partial charge in [0, 0.05) is 11.8 Å².